The fourth-order valence-corrected chi connectivity index (χ4v) is 4.18. The molecule has 4 aromatic heterocycles. The second kappa shape index (κ2) is 10.6. The highest BCUT2D eigenvalue weighted by Gasteiger charge is 2.47. The van der Waals surface area contributed by atoms with Crippen LogP contribution >= 0.6 is 0 Å². The summed E-state index contributed by atoms with van der Waals surface area (Å²) in [5.41, 5.74) is 8.00. The Morgan fingerprint density at radius 1 is 1.18 bits per heavy atom. The number of fused-ring (bicyclic) bond motifs is 1. The summed E-state index contributed by atoms with van der Waals surface area (Å²) < 4.78 is 12.5. The number of aliphatic hydroxyl groups is 2. The average Bonchev–Trinajstić information content (AvgIpc) is 3.48. The molecule has 0 aromatic carbocycles. The summed E-state index contributed by atoms with van der Waals surface area (Å²) in [5, 5.41) is 24.5. The first-order chi connectivity index (χ1) is 18.4. The maximum absolute atomic E-state index is 12.3. The van der Waals surface area contributed by atoms with Gasteiger partial charge in [0, 0.05) is 25.0 Å². The highest BCUT2D eigenvalue weighted by atomic mass is 16.6. The third-order valence-electron chi connectivity index (χ3n) is 6.06. The zero-order valence-electron chi connectivity index (χ0n) is 20.9. The van der Waals surface area contributed by atoms with E-state index >= 15 is 0 Å². The van der Waals surface area contributed by atoms with Crippen LogP contribution in [0.3, 0.4) is 0 Å². The Bertz CT molecular complexity index is 1460. The van der Waals surface area contributed by atoms with Crippen molar-refractivity contribution in [3.05, 3.63) is 54.4 Å². The summed E-state index contributed by atoms with van der Waals surface area (Å²) in [6.45, 7) is 2.35. The Labute approximate surface area is 217 Å². The molecule has 14 heteroatoms. The minimum absolute atomic E-state index is 0.308. The van der Waals surface area contributed by atoms with Crippen molar-refractivity contribution in [1.29, 1.82) is 0 Å². The topological polar surface area (TPSA) is 181 Å². The van der Waals surface area contributed by atoms with Gasteiger partial charge >= 0.3 is 0 Å². The van der Waals surface area contributed by atoms with E-state index in [1.165, 1.54) is 25.1 Å². The number of aryl methyl sites for hydroxylation is 1. The third-order valence-corrected chi connectivity index (χ3v) is 6.06. The summed E-state index contributed by atoms with van der Waals surface area (Å²) in [5.74, 6) is 0.612. The number of anilines is 1. The molecular weight excluding hydrogens is 494 g/mol. The van der Waals surface area contributed by atoms with Crippen LogP contribution in [-0.4, -0.2) is 78.1 Å². The predicted octanol–water partition coefficient (Wildman–Crippen LogP) is 0.0822. The van der Waals surface area contributed by atoms with Crippen molar-refractivity contribution >= 4 is 22.9 Å². The van der Waals surface area contributed by atoms with Gasteiger partial charge in [-0.05, 0) is 30.7 Å². The van der Waals surface area contributed by atoms with Crippen molar-refractivity contribution < 1.29 is 24.5 Å². The number of aromatic nitrogens is 6. The number of carbonyl (C=O) groups is 1. The summed E-state index contributed by atoms with van der Waals surface area (Å²) in [7, 11) is 3.04. The summed E-state index contributed by atoms with van der Waals surface area (Å²) in [6, 6.07) is 5.61. The van der Waals surface area contributed by atoms with Crippen molar-refractivity contribution in [2.45, 2.75) is 38.0 Å². The van der Waals surface area contributed by atoms with Gasteiger partial charge in [0.25, 0.3) is 5.91 Å². The number of hydrazine groups is 1. The Morgan fingerprint density at radius 2 is 2.03 bits per heavy atom. The number of nitrogens with one attached hydrogen (secondary N) is 3. The molecule has 0 radical (unpaired) electrons. The first-order valence-corrected chi connectivity index (χ1v) is 11.8. The van der Waals surface area contributed by atoms with Crippen LogP contribution in [0.2, 0.25) is 0 Å². The smallest absolute Gasteiger partial charge is 0.266 e. The molecule has 0 unspecified atom stereocenters. The lowest BCUT2D eigenvalue weighted by Gasteiger charge is -2.17. The number of imidazole rings is 1. The molecule has 5 heterocycles. The molecule has 1 aliphatic heterocycles. The number of hydrogen-bond donors (Lipinski definition) is 5. The molecule has 0 aliphatic carbocycles. The van der Waals surface area contributed by atoms with Gasteiger partial charge in [-0.2, -0.15) is 0 Å². The SMILES string of the molecule is CNNC(=O)[C@H]1O[C@@H](n2cnc3c(NCc4cc(C)ccn4)nc(-c4cncc(OC)c4)nc32)[C@H](O)[C@@H]1O. The van der Waals surface area contributed by atoms with Gasteiger partial charge in [-0.15, -0.1) is 0 Å². The molecule has 0 bridgehead atoms. The number of pyridine rings is 2. The maximum atomic E-state index is 12.3. The van der Waals surface area contributed by atoms with Crippen LogP contribution in [0.5, 0.6) is 5.75 Å². The Balaban J connectivity index is 1.57. The van der Waals surface area contributed by atoms with Gasteiger partial charge in [0.05, 0.1) is 31.9 Å². The highest BCUT2D eigenvalue weighted by molar-refractivity contribution is 5.85. The van der Waals surface area contributed by atoms with Crippen molar-refractivity contribution in [2.75, 3.05) is 19.5 Å². The van der Waals surface area contributed by atoms with Gasteiger partial charge in [-0.3, -0.25) is 24.8 Å². The van der Waals surface area contributed by atoms with Crippen molar-refractivity contribution in [1.82, 2.24) is 40.3 Å². The van der Waals surface area contributed by atoms with Crippen molar-refractivity contribution in [2.24, 2.45) is 0 Å². The van der Waals surface area contributed by atoms with Crippen LogP contribution in [0.25, 0.3) is 22.6 Å². The number of rotatable bonds is 8. The van der Waals surface area contributed by atoms with Crippen molar-refractivity contribution in [3.8, 4) is 17.1 Å². The zero-order chi connectivity index (χ0) is 26.8. The zero-order valence-corrected chi connectivity index (χ0v) is 20.9. The van der Waals surface area contributed by atoms with E-state index in [0.717, 1.165) is 11.3 Å². The second-order valence-electron chi connectivity index (χ2n) is 8.68. The Kier molecular flexibility index (Phi) is 7.11. The molecule has 1 saturated heterocycles. The molecule has 4 aromatic rings. The number of carbonyl (C=O) groups excluding carboxylic acids is 1. The van der Waals surface area contributed by atoms with E-state index in [4.69, 9.17) is 9.47 Å². The molecule has 1 aliphatic rings. The van der Waals surface area contributed by atoms with E-state index in [1.54, 1.807) is 24.7 Å². The van der Waals surface area contributed by atoms with E-state index in [0.29, 0.717) is 40.7 Å². The summed E-state index contributed by atoms with van der Waals surface area (Å²) in [6.07, 6.45) is 0.962. The largest absolute Gasteiger partial charge is 0.495 e. The predicted molar refractivity (Wildman–Crippen MR) is 135 cm³/mol. The lowest BCUT2D eigenvalue weighted by Crippen LogP contribution is -2.46. The van der Waals surface area contributed by atoms with Crippen LogP contribution in [0.4, 0.5) is 5.82 Å². The van der Waals surface area contributed by atoms with E-state index in [-0.39, 0.29) is 0 Å². The number of hydrogen-bond acceptors (Lipinski definition) is 12. The van der Waals surface area contributed by atoms with E-state index < -0.39 is 30.4 Å². The summed E-state index contributed by atoms with van der Waals surface area (Å²) >= 11 is 0. The molecule has 1 amide bonds. The first kappa shape index (κ1) is 25.4. The van der Waals surface area contributed by atoms with Gasteiger partial charge in [-0.25, -0.2) is 20.4 Å². The van der Waals surface area contributed by atoms with Gasteiger partial charge in [0.15, 0.2) is 35.1 Å². The Morgan fingerprint density at radius 3 is 2.79 bits per heavy atom. The standard InChI is InChI=1S/C24H27N9O5/c1-12-4-5-27-14(6-12)9-28-21-16-22(31-20(30-21)13-7-15(37-3)10-26-8-13)33(11-29-16)24-18(35)17(34)19(38-24)23(36)32-25-2/h4-8,10-11,17-19,24-25,34-35H,9H2,1-3H3,(H,32,36)(H,28,30,31)/t17-,18+,19-,24+/m0/s1. The number of nitrogens with zero attached hydrogens (tertiary/aromatic N) is 6. The lowest BCUT2D eigenvalue weighted by atomic mass is 10.1. The molecule has 1 fully saturated rings. The van der Waals surface area contributed by atoms with E-state index in [9.17, 15) is 15.0 Å². The van der Waals surface area contributed by atoms with Gasteiger partial charge in [0.1, 0.15) is 18.0 Å². The quantitative estimate of drug-likeness (QED) is 0.197. The first-order valence-electron chi connectivity index (χ1n) is 11.8. The van der Waals surface area contributed by atoms with Crippen molar-refractivity contribution in [3.63, 3.8) is 0 Å². The molecule has 14 nitrogen and oxygen atoms in total. The lowest BCUT2D eigenvalue weighted by molar-refractivity contribution is -0.138. The minimum atomic E-state index is -1.47. The number of amides is 1. The third kappa shape index (κ3) is 4.84. The molecule has 38 heavy (non-hydrogen) atoms. The van der Waals surface area contributed by atoms with Gasteiger partial charge in [-0.1, -0.05) is 0 Å². The number of aliphatic hydroxyl groups excluding tert-OH is 2. The Hall–Kier alpha value is -4.24. The molecule has 4 atom stereocenters. The minimum Gasteiger partial charge on any atom is -0.495 e. The molecular formula is C24H27N9O5. The molecule has 5 N–H and O–H groups in total. The maximum Gasteiger partial charge on any atom is 0.266 e. The molecule has 0 spiro atoms. The summed E-state index contributed by atoms with van der Waals surface area (Å²) in [4.78, 5) is 34.7. The van der Waals surface area contributed by atoms with Crippen LogP contribution in [0.15, 0.2) is 43.1 Å². The fraction of sp³-hybridized carbons (Fsp3) is 0.333. The normalized spacial score (nSPS) is 21.0. The van der Waals surface area contributed by atoms with Crippen LogP contribution in [0.1, 0.15) is 17.5 Å². The monoisotopic (exact) mass is 521 g/mol. The van der Waals surface area contributed by atoms with Gasteiger partial charge < -0.3 is 25.0 Å². The van der Waals surface area contributed by atoms with E-state index in [1.807, 2.05) is 19.1 Å². The molecule has 198 valence electrons. The van der Waals surface area contributed by atoms with Crippen LogP contribution in [0, 0.1) is 6.92 Å². The molecule has 0 saturated carbocycles. The van der Waals surface area contributed by atoms with Crippen LogP contribution < -0.4 is 20.9 Å². The van der Waals surface area contributed by atoms with Crippen LogP contribution in [-0.2, 0) is 16.1 Å². The van der Waals surface area contributed by atoms with E-state index in [2.05, 4.69) is 41.1 Å². The number of ether oxygens (including phenoxy) is 2. The second-order valence-corrected chi connectivity index (χ2v) is 8.68. The van der Waals surface area contributed by atoms with Gasteiger partial charge in [0.2, 0.25) is 0 Å². The highest BCUT2D eigenvalue weighted by Crippen LogP contribution is 2.34. The fourth-order valence-electron chi connectivity index (χ4n) is 4.18. The average molecular weight is 522 g/mol. The number of methoxy groups -OCH3 is 1. The molecule has 5 rings (SSSR count).